The lowest BCUT2D eigenvalue weighted by Crippen LogP contribution is -2.30. The van der Waals surface area contributed by atoms with Crippen molar-refractivity contribution in [3.63, 3.8) is 0 Å². The number of halogens is 1. The third-order valence-corrected chi connectivity index (χ3v) is 4.68. The highest BCUT2D eigenvalue weighted by molar-refractivity contribution is 5.95. The highest BCUT2D eigenvalue weighted by Crippen LogP contribution is 2.16. The van der Waals surface area contributed by atoms with E-state index in [4.69, 9.17) is 4.74 Å². The van der Waals surface area contributed by atoms with E-state index in [-0.39, 0.29) is 6.42 Å². The maximum absolute atomic E-state index is 13.6. The molecule has 0 aliphatic carbocycles. The number of nitrogens with one attached hydrogen (secondary N) is 1. The van der Waals surface area contributed by atoms with E-state index in [9.17, 15) is 14.0 Å². The van der Waals surface area contributed by atoms with Gasteiger partial charge < -0.3 is 10.1 Å². The quantitative estimate of drug-likeness (QED) is 0.640. The Bertz CT molecular complexity index is 1080. The minimum atomic E-state index is -1.01. The molecule has 152 valence electrons. The van der Waals surface area contributed by atoms with Crippen LogP contribution in [0.4, 0.5) is 10.1 Å². The number of esters is 1. The minimum absolute atomic E-state index is 0.0837. The smallest absolute Gasteiger partial charge is 0.306 e. The Labute approximate surface area is 167 Å². The Balaban J connectivity index is 1.57. The van der Waals surface area contributed by atoms with Crippen molar-refractivity contribution in [1.29, 1.82) is 0 Å². The number of rotatable bonds is 6. The van der Waals surface area contributed by atoms with Gasteiger partial charge in [0, 0.05) is 23.5 Å². The fourth-order valence-electron chi connectivity index (χ4n) is 2.97. The lowest BCUT2D eigenvalue weighted by Gasteiger charge is -2.14. The number of benzene rings is 1. The van der Waals surface area contributed by atoms with Crippen LogP contribution < -0.4 is 5.32 Å². The number of anilines is 1. The van der Waals surface area contributed by atoms with Crippen molar-refractivity contribution in [2.45, 2.75) is 46.6 Å². The first-order chi connectivity index (χ1) is 13.8. The molecule has 0 bridgehead atoms. The van der Waals surface area contributed by atoms with Gasteiger partial charge in [0.2, 0.25) is 0 Å². The zero-order chi connectivity index (χ0) is 21.1. The summed E-state index contributed by atoms with van der Waals surface area (Å²) in [7, 11) is 0. The predicted molar refractivity (Wildman–Crippen MR) is 104 cm³/mol. The second-order valence-corrected chi connectivity index (χ2v) is 6.82. The van der Waals surface area contributed by atoms with Gasteiger partial charge in [-0.1, -0.05) is 6.07 Å². The molecular weight excluding hydrogens is 377 g/mol. The number of hydrogen-bond acceptors (Lipinski definition) is 6. The average Bonchev–Trinajstić information content (AvgIpc) is 3.13. The molecule has 8 nitrogen and oxygen atoms in total. The van der Waals surface area contributed by atoms with E-state index >= 15 is 0 Å². The van der Waals surface area contributed by atoms with Crippen LogP contribution in [0.1, 0.15) is 35.9 Å². The fraction of sp³-hybridized carbons (Fsp3) is 0.350. The van der Waals surface area contributed by atoms with E-state index in [1.54, 1.807) is 23.6 Å². The average molecular weight is 399 g/mol. The van der Waals surface area contributed by atoms with Crippen molar-refractivity contribution in [2.75, 3.05) is 5.32 Å². The lowest BCUT2D eigenvalue weighted by molar-refractivity contribution is -0.153. The van der Waals surface area contributed by atoms with Crippen molar-refractivity contribution >= 4 is 23.3 Å². The highest BCUT2D eigenvalue weighted by Gasteiger charge is 2.19. The van der Waals surface area contributed by atoms with Crippen molar-refractivity contribution in [1.82, 2.24) is 19.6 Å². The number of aryl methyl sites for hydroxylation is 3. The summed E-state index contributed by atoms with van der Waals surface area (Å²) < 4.78 is 20.4. The molecule has 1 atom stereocenters. The molecule has 0 fully saturated rings. The third kappa shape index (κ3) is 4.56. The summed E-state index contributed by atoms with van der Waals surface area (Å²) in [5.41, 5.74) is 3.28. The van der Waals surface area contributed by atoms with Crippen molar-refractivity contribution < 1.29 is 18.7 Å². The molecule has 2 heterocycles. The number of hydrogen-bond donors (Lipinski definition) is 1. The van der Waals surface area contributed by atoms with E-state index in [0.29, 0.717) is 23.4 Å². The van der Waals surface area contributed by atoms with Gasteiger partial charge in [-0.3, -0.25) is 9.59 Å². The maximum atomic E-state index is 13.6. The Kier molecular flexibility index (Phi) is 5.86. The van der Waals surface area contributed by atoms with E-state index in [0.717, 1.165) is 17.0 Å². The molecule has 9 heteroatoms. The van der Waals surface area contributed by atoms with Gasteiger partial charge in [0.15, 0.2) is 6.10 Å². The molecule has 0 saturated carbocycles. The number of carbonyl (C=O) groups is 2. The van der Waals surface area contributed by atoms with Crippen LogP contribution in [0, 0.1) is 26.6 Å². The molecule has 1 amide bonds. The molecule has 3 rings (SSSR count). The summed E-state index contributed by atoms with van der Waals surface area (Å²) in [5, 5.41) is 6.66. The van der Waals surface area contributed by atoms with Gasteiger partial charge in [0.1, 0.15) is 12.1 Å². The first kappa shape index (κ1) is 20.4. The van der Waals surface area contributed by atoms with E-state index in [1.165, 1.54) is 19.3 Å². The molecule has 0 spiro atoms. The third-order valence-electron chi connectivity index (χ3n) is 4.68. The predicted octanol–water partition coefficient (Wildman–Crippen LogP) is 2.69. The van der Waals surface area contributed by atoms with Gasteiger partial charge >= 0.3 is 5.97 Å². The molecule has 1 aromatic carbocycles. The summed E-state index contributed by atoms with van der Waals surface area (Å²) >= 11 is 0. The maximum Gasteiger partial charge on any atom is 0.306 e. The molecule has 29 heavy (non-hydrogen) atoms. The molecule has 0 radical (unpaired) electrons. The molecule has 3 aromatic rings. The van der Waals surface area contributed by atoms with Crippen LogP contribution in [0.25, 0.3) is 5.78 Å². The lowest BCUT2D eigenvalue weighted by atomic mass is 10.1. The highest BCUT2D eigenvalue weighted by atomic mass is 19.1. The second kappa shape index (κ2) is 8.34. The topological polar surface area (TPSA) is 98.5 Å². The zero-order valence-electron chi connectivity index (χ0n) is 16.7. The van der Waals surface area contributed by atoms with E-state index < -0.39 is 23.8 Å². The van der Waals surface area contributed by atoms with E-state index in [1.807, 2.05) is 13.8 Å². The van der Waals surface area contributed by atoms with Crippen LogP contribution in [0.15, 0.2) is 24.5 Å². The van der Waals surface area contributed by atoms with Gasteiger partial charge in [-0.2, -0.15) is 10.1 Å². The van der Waals surface area contributed by atoms with Crippen LogP contribution >= 0.6 is 0 Å². The monoisotopic (exact) mass is 399 g/mol. The van der Waals surface area contributed by atoms with Gasteiger partial charge in [-0.15, -0.1) is 0 Å². The van der Waals surface area contributed by atoms with Gasteiger partial charge in [0.25, 0.3) is 11.7 Å². The number of fused-ring (bicyclic) bond motifs is 1. The van der Waals surface area contributed by atoms with Crippen LogP contribution in [0.5, 0.6) is 0 Å². The summed E-state index contributed by atoms with van der Waals surface area (Å²) in [4.78, 5) is 32.8. The van der Waals surface area contributed by atoms with Gasteiger partial charge in [-0.25, -0.2) is 13.9 Å². The summed E-state index contributed by atoms with van der Waals surface area (Å²) in [6, 6.07) is 4.37. The number of amides is 1. The van der Waals surface area contributed by atoms with Gasteiger partial charge in [-0.05, 0) is 57.4 Å². The molecule has 0 saturated heterocycles. The SMILES string of the molecule is Cc1ccc(NC(=O)[C@@H](C)OC(=O)CCc2c(C)nc3ncnn3c2C)cc1F. The molecule has 0 aliphatic rings. The van der Waals surface area contributed by atoms with Crippen molar-refractivity contribution in [2.24, 2.45) is 0 Å². The summed E-state index contributed by atoms with van der Waals surface area (Å²) in [6.45, 7) is 6.83. The largest absolute Gasteiger partial charge is 0.453 e. The van der Waals surface area contributed by atoms with Gasteiger partial charge in [0.05, 0.1) is 0 Å². The van der Waals surface area contributed by atoms with Crippen LogP contribution in [0.3, 0.4) is 0 Å². The number of aromatic nitrogens is 4. The minimum Gasteiger partial charge on any atom is -0.453 e. The second-order valence-electron chi connectivity index (χ2n) is 6.82. The molecule has 2 aromatic heterocycles. The molecular formula is C20H22FN5O3. The van der Waals surface area contributed by atoms with Crippen LogP contribution in [0.2, 0.25) is 0 Å². The summed E-state index contributed by atoms with van der Waals surface area (Å²) in [6.07, 6.45) is 0.898. The Hall–Kier alpha value is -3.36. The number of ether oxygens (including phenoxy) is 1. The van der Waals surface area contributed by atoms with E-state index in [2.05, 4.69) is 20.4 Å². The standard InChI is InChI=1S/C20H22FN5O3/c1-11-5-6-15(9-17(11)21)25-19(28)14(4)29-18(27)8-7-16-12(2)24-20-22-10-23-26(20)13(16)3/h5-6,9-10,14H,7-8H2,1-4H3,(H,25,28)/t14-/m1/s1. The zero-order valence-corrected chi connectivity index (χ0v) is 16.7. The molecule has 0 unspecified atom stereocenters. The van der Waals surface area contributed by atoms with Crippen LogP contribution in [-0.2, 0) is 20.7 Å². The Morgan fingerprint density at radius 1 is 1.28 bits per heavy atom. The van der Waals surface area contributed by atoms with Crippen molar-refractivity contribution in [3.05, 3.63) is 52.9 Å². The Morgan fingerprint density at radius 3 is 2.76 bits per heavy atom. The first-order valence-corrected chi connectivity index (χ1v) is 9.18. The van der Waals surface area contributed by atoms with Crippen LogP contribution in [-0.4, -0.2) is 37.6 Å². The summed E-state index contributed by atoms with van der Waals surface area (Å²) in [5.74, 6) is -0.958. The number of carbonyl (C=O) groups excluding carboxylic acids is 2. The Morgan fingerprint density at radius 2 is 2.03 bits per heavy atom. The number of nitrogens with zero attached hydrogens (tertiary/aromatic N) is 4. The normalized spacial score (nSPS) is 12.0. The van der Waals surface area contributed by atoms with Crippen molar-refractivity contribution in [3.8, 4) is 0 Å². The first-order valence-electron chi connectivity index (χ1n) is 9.18. The fourth-order valence-corrected chi connectivity index (χ4v) is 2.97. The molecule has 1 N–H and O–H groups in total. The molecule has 0 aliphatic heterocycles.